The molecule has 2 heterocycles. The van der Waals surface area contributed by atoms with Crippen LogP contribution in [0.4, 0.5) is 5.69 Å². The fourth-order valence-corrected chi connectivity index (χ4v) is 3.31. The molecular formula is C12H16N4O3. The molecule has 2 atom stereocenters. The number of fused-ring (bicyclic) bond motifs is 1. The number of likely N-dealkylation sites (tertiary alicyclic amines) is 1. The molecule has 1 aromatic heterocycles. The lowest BCUT2D eigenvalue weighted by molar-refractivity contribution is -0.385. The number of carbonyl (C=O) groups is 1. The molecule has 1 saturated heterocycles. The summed E-state index contributed by atoms with van der Waals surface area (Å²) in [6.07, 6.45) is 5.89. The van der Waals surface area contributed by atoms with E-state index in [1.54, 1.807) is 4.90 Å². The van der Waals surface area contributed by atoms with Crippen LogP contribution in [0.1, 0.15) is 36.2 Å². The summed E-state index contributed by atoms with van der Waals surface area (Å²) in [6.45, 7) is 1.44. The Labute approximate surface area is 110 Å². The monoisotopic (exact) mass is 264 g/mol. The van der Waals surface area contributed by atoms with Crippen molar-refractivity contribution in [3.63, 3.8) is 0 Å². The van der Waals surface area contributed by atoms with Gasteiger partial charge in [0.1, 0.15) is 6.20 Å². The van der Waals surface area contributed by atoms with Gasteiger partial charge in [-0.3, -0.25) is 20.0 Å². The number of hydrogen-bond donors (Lipinski definition) is 1. The van der Waals surface area contributed by atoms with Crippen molar-refractivity contribution < 1.29 is 9.72 Å². The molecule has 102 valence electrons. The summed E-state index contributed by atoms with van der Waals surface area (Å²) in [6, 6.07) is 0. The zero-order valence-electron chi connectivity index (χ0n) is 10.5. The third-order valence-electron chi connectivity index (χ3n) is 4.29. The highest BCUT2D eigenvalue weighted by Gasteiger charge is 2.38. The quantitative estimate of drug-likeness (QED) is 0.648. The Morgan fingerprint density at radius 3 is 2.58 bits per heavy atom. The highest BCUT2D eigenvalue weighted by molar-refractivity contribution is 5.96. The Bertz CT molecular complexity index is 499. The minimum absolute atomic E-state index is 0.00338. The maximum atomic E-state index is 12.3. The molecule has 19 heavy (non-hydrogen) atoms. The van der Waals surface area contributed by atoms with Crippen molar-refractivity contribution >= 4 is 11.6 Å². The largest absolute Gasteiger partial charge is 0.337 e. The van der Waals surface area contributed by atoms with Gasteiger partial charge in [0.15, 0.2) is 0 Å². The molecule has 1 saturated carbocycles. The predicted molar refractivity (Wildman–Crippen MR) is 66.6 cm³/mol. The van der Waals surface area contributed by atoms with Gasteiger partial charge in [-0.1, -0.05) is 12.8 Å². The number of nitrogens with one attached hydrogen (secondary N) is 1. The van der Waals surface area contributed by atoms with Gasteiger partial charge in [0.2, 0.25) is 5.69 Å². The molecule has 1 N–H and O–H groups in total. The summed E-state index contributed by atoms with van der Waals surface area (Å²) in [5.41, 5.74) is -0.233. The Morgan fingerprint density at radius 2 is 2.00 bits per heavy atom. The van der Waals surface area contributed by atoms with E-state index in [9.17, 15) is 14.9 Å². The molecule has 0 spiro atoms. The SMILES string of the molecule is O=C(c1[nH]ncc1[N+](=O)[O-])N1C[C@@H]2CCCC[C@H]2C1. The molecule has 0 radical (unpaired) electrons. The molecule has 0 unspecified atom stereocenters. The fraction of sp³-hybridized carbons (Fsp3) is 0.667. The van der Waals surface area contributed by atoms with Crippen LogP contribution in [-0.2, 0) is 0 Å². The molecule has 0 aromatic carbocycles. The smallest absolute Gasteiger partial charge is 0.319 e. The first-order valence-corrected chi connectivity index (χ1v) is 6.64. The highest BCUT2D eigenvalue weighted by atomic mass is 16.6. The number of H-pyrrole nitrogens is 1. The van der Waals surface area contributed by atoms with Gasteiger partial charge >= 0.3 is 5.69 Å². The maximum absolute atomic E-state index is 12.3. The minimum Gasteiger partial charge on any atom is -0.337 e. The molecule has 1 aromatic rings. The number of rotatable bonds is 2. The summed E-state index contributed by atoms with van der Waals surface area (Å²) in [5.74, 6) is 0.845. The molecule has 2 fully saturated rings. The van der Waals surface area contributed by atoms with Crippen LogP contribution in [0, 0.1) is 22.0 Å². The summed E-state index contributed by atoms with van der Waals surface area (Å²) in [5, 5.41) is 16.9. The number of nitrogens with zero attached hydrogens (tertiary/aromatic N) is 3. The Kier molecular flexibility index (Phi) is 2.96. The van der Waals surface area contributed by atoms with E-state index in [4.69, 9.17) is 0 Å². The average Bonchev–Trinajstić information content (AvgIpc) is 3.04. The highest BCUT2D eigenvalue weighted by Crippen LogP contribution is 2.36. The van der Waals surface area contributed by atoms with Crippen LogP contribution in [-0.4, -0.2) is 39.0 Å². The standard InChI is InChI=1S/C12H16N4O3/c17-12(11-10(16(18)19)5-13-14-11)15-6-8-3-1-2-4-9(8)7-15/h5,8-9H,1-4,6-7H2,(H,13,14)/t8-,9-/m0/s1. The number of carbonyl (C=O) groups excluding carboxylic acids is 1. The normalized spacial score (nSPS) is 26.2. The van der Waals surface area contributed by atoms with Crippen LogP contribution in [0.2, 0.25) is 0 Å². The van der Waals surface area contributed by atoms with Crippen molar-refractivity contribution in [2.75, 3.05) is 13.1 Å². The van der Waals surface area contributed by atoms with E-state index in [2.05, 4.69) is 10.2 Å². The number of hydrogen-bond acceptors (Lipinski definition) is 4. The van der Waals surface area contributed by atoms with Gasteiger partial charge < -0.3 is 4.90 Å². The fourth-order valence-electron chi connectivity index (χ4n) is 3.31. The molecule has 7 nitrogen and oxygen atoms in total. The molecule has 1 aliphatic carbocycles. The number of nitro groups is 1. The topological polar surface area (TPSA) is 92.1 Å². The number of aromatic nitrogens is 2. The first-order valence-electron chi connectivity index (χ1n) is 6.64. The van der Waals surface area contributed by atoms with Crippen molar-refractivity contribution in [1.29, 1.82) is 0 Å². The molecule has 3 rings (SSSR count). The van der Waals surface area contributed by atoms with Gasteiger partial charge in [0, 0.05) is 13.1 Å². The summed E-state index contributed by atoms with van der Waals surface area (Å²) < 4.78 is 0. The van der Waals surface area contributed by atoms with Gasteiger partial charge in [0.25, 0.3) is 5.91 Å². The second kappa shape index (κ2) is 4.64. The van der Waals surface area contributed by atoms with E-state index in [1.165, 1.54) is 25.7 Å². The average molecular weight is 264 g/mol. The lowest BCUT2D eigenvalue weighted by Crippen LogP contribution is -2.29. The molecule has 7 heteroatoms. The lowest BCUT2D eigenvalue weighted by atomic mass is 9.82. The van der Waals surface area contributed by atoms with E-state index >= 15 is 0 Å². The third kappa shape index (κ3) is 2.09. The first kappa shape index (κ1) is 12.1. The van der Waals surface area contributed by atoms with Crippen molar-refractivity contribution in [3.05, 3.63) is 22.0 Å². The van der Waals surface area contributed by atoms with E-state index in [1.807, 2.05) is 0 Å². The molecule has 0 bridgehead atoms. The molecule has 2 aliphatic rings. The second-order valence-corrected chi connectivity index (χ2v) is 5.40. The van der Waals surface area contributed by atoms with Crippen LogP contribution >= 0.6 is 0 Å². The van der Waals surface area contributed by atoms with Gasteiger partial charge in [-0.15, -0.1) is 0 Å². The van der Waals surface area contributed by atoms with Crippen LogP contribution < -0.4 is 0 Å². The molecule has 1 amide bonds. The Balaban J connectivity index is 1.77. The zero-order chi connectivity index (χ0) is 13.4. The van der Waals surface area contributed by atoms with Gasteiger partial charge in [-0.2, -0.15) is 5.10 Å². The van der Waals surface area contributed by atoms with Gasteiger partial charge in [0.05, 0.1) is 4.92 Å². The maximum Gasteiger partial charge on any atom is 0.319 e. The third-order valence-corrected chi connectivity index (χ3v) is 4.29. The van der Waals surface area contributed by atoms with Crippen molar-refractivity contribution in [2.24, 2.45) is 11.8 Å². The number of aromatic amines is 1. The van der Waals surface area contributed by atoms with Gasteiger partial charge in [-0.25, -0.2) is 0 Å². The van der Waals surface area contributed by atoms with E-state index in [-0.39, 0.29) is 17.3 Å². The van der Waals surface area contributed by atoms with E-state index < -0.39 is 4.92 Å². The lowest BCUT2D eigenvalue weighted by Gasteiger charge is -2.22. The van der Waals surface area contributed by atoms with Crippen molar-refractivity contribution in [2.45, 2.75) is 25.7 Å². The molecule has 1 aliphatic heterocycles. The van der Waals surface area contributed by atoms with Crippen molar-refractivity contribution in [3.8, 4) is 0 Å². The summed E-state index contributed by atoms with van der Waals surface area (Å²) >= 11 is 0. The molecular weight excluding hydrogens is 248 g/mol. The summed E-state index contributed by atoms with van der Waals surface area (Å²) in [4.78, 5) is 24.3. The van der Waals surface area contributed by atoms with Crippen LogP contribution in [0.25, 0.3) is 0 Å². The number of amides is 1. The van der Waals surface area contributed by atoms with E-state index in [0.29, 0.717) is 11.8 Å². The van der Waals surface area contributed by atoms with Crippen LogP contribution in [0.15, 0.2) is 6.20 Å². The van der Waals surface area contributed by atoms with Crippen molar-refractivity contribution in [1.82, 2.24) is 15.1 Å². The first-order chi connectivity index (χ1) is 9.16. The second-order valence-electron chi connectivity index (χ2n) is 5.40. The minimum atomic E-state index is -0.570. The Hall–Kier alpha value is -1.92. The zero-order valence-corrected chi connectivity index (χ0v) is 10.5. The van der Waals surface area contributed by atoms with E-state index in [0.717, 1.165) is 19.3 Å². The predicted octanol–water partition coefficient (Wildman–Crippen LogP) is 1.58. The summed E-state index contributed by atoms with van der Waals surface area (Å²) in [7, 11) is 0. The Morgan fingerprint density at radius 1 is 1.37 bits per heavy atom. The van der Waals surface area contributed by atoms with Crippen LogP contribution in [0.5, 0.6) is 0 Å². The van der Waals surface area contributed by atoms with Gasteiger partial charge in [-0.05, 0) is 24.7 Å². The van der Waals surface area contributed by atoms with Crippen LogP contribution in [0.3, 0.4) is 0 Å².